The van der Waals surface area contributed by atoms with Crippen LogP contribution in [-0.4, -0.2) is 56.4 Å². The summed E-state index contributed by atoms with van der Waals surface area (Å²) in [5.74, 6) is 0.984. The molecule has 0 aromatic heterocycles. The summed E-state index contributed by atoms with van der Waals surface area (Å²) in [5.41, 5.74) is 0.829. The summed E-state index contributed by atoms with van der Waals surface area (Å²) in [6, 6.07) is 5.42. The SMILES string of the molecule is COc1ccc(C=CC(=O)NC(=S)N2CCOCC2)cc1OC. The summed E-state index contributed by atoms with van der Waals surface area (Å²) >= 11 is 5.22. The number of rotatable bonds is 4. The highest BCUT2D eigenvalue weighted by Crippen LogP contribution is 2.27. The molecule has 0 unspecified atom stereocenters. The van der Waals surface area contributed by atoms with Crippen molar-refractivity contribution in [3.05, 3.63) is 29.8 Å². The van der Waals surface area contributed by atoms with Crippen molar-refractivity contribution < 1.29 is 19.0 Å². The van der Waals surface area contributed by atoms with Crippen LogP contribution in [0, 0.1) is 0 Å². The van der Waals surface area contributed by atoms with Gasteiger partial charge in [-0.25, -0.2) is 0 Å². The first-order valence-electron chi connectivity index (χ1n) is 7.22. The van der Waals surface area contributed by atoms with E-state index in [0.717, 1.165) is 5.56 Å². The predicted octanol–water partition coefficient (Wildman–Crippen LogP) is 1.45. The van der Waals surface area contributed by atoms with E-state index in [9.17, 15) is 4.79 Å². The Bertz CT molecular complexity index is 598. The van der Waals surface area contributed by atoms with Crippen LogP contribution in [0.4, 0.5) is 0 Å². The topological polar surface area (TPSA) is 60.0 Å². The molecule has 1 aliphatic rings. The predicted molar refractivity (Wildman–Crippen MR) is 91.7 cm³/mol. The summed E-state index contributed by atoms with van der Waals surface area (Å²) in [4.78, 5) is 13.9. The summed E-state index contributed by atoms with van der Waals surface area (Å²) in [5, 5.41) is 3.12. The number of carbonyl (C=O) groups excluding carboxylic acids is 1. The number of morpholine rings is 1. The molecule has 0 saturated carbocycles. The van der Waals surface area contributed by atoms with Gasteiger partial charge in [0.2, 0.25) is 5.91 Å². The Balaban J connectivity index is 1.93. The first kappa shape index (κ1) is 17.2. The number of methoxy groups -OCH3 is 2. The fourth-order valence-electron chi connectivity index (χ4n) is 2.12. The zero-order valence-corrected chi connectivity index (χ0v) is 14.0. The molecule has 1 aromatic carbocycles. The van der Waals surface area contributed by atoms with Crippen molar-refractivity contribution in [1.29, 1.82) is 0 Å². The average molecular weight is 336 g/mol. The van der Waals surface area contributed by atoms with Gasteiger partial charge in [-0.05, 0) is 36.0 Å². The lowest BCUT2D eigenvalue weighted by atomic mass is 10.2. The Labute approximate surface area is 141 Å². The van der Waals surface area contributed by atoms with Crippen LogP contribution < -0.4 is 14.8 Å². The van der Waals surface area contributed by atoms with E-state index in [1.807, 2.05) is 11.0 Å². The van der Waals surface area contributed by atoms with Gasteiger partial charge in [0.15, 0.2) is 16.6 Å². The quantitative estimate of drug-likeness (QED) is 0.663. The van der Waals surface area contributed by atoms with Crippen molar-refractivity contribution in [1.82, 2.24) is 10.2 Å². The van der Waals surface area contributed by atoms with Crippen LogP contribution >= 0.6 is 12.2 Å². The van der Waals surface area contributed by atoms with Crippen LogP contribution in [0.15, 0.2) is 24.3 Å². The highest BCUT2D eigenvalue weighted by molar-refractivity contribution is 7.80. The number of hydrogen-bond donors (Lipinski definition) is 1. The minimum atomic E-state index is -0.267. The molecule has 0 bridgehead atoms. The van der Waals surface area contributed by atoms with Crippen LogP contribution in [-0.2, 0) is 9.53 Å². The molecule has 0 spiro atoms. The second-order valence-corrected chi connectivity index (χ2v) is 5.23. The fourth-order valence-corrected chi connectivity index (χ4v) is 2.40. The largest absolute Gasteiger partial charge is 0.493 e. The molecule has 1 N–H and O–H groups in total. The number of nitrogens with zero attached hydrogens (tertiary/aromatic N) is 1. The molecule has 7 heteroatoms. The van der Waals surface area contributed by atoms with Crippen molar-refractivity contribution >= 4 is 29.3 Å². The monoisotopic (exact) mass is 336 g/mol. The summed E-state index contributed by atoms with van der Waals surface area (Å²) in [6.45, 7) is 2.63. The lowest BCUT2D eigenvalue weighted by molar-refractivity contribution is -0.115. The van der Waals surface area contributed by atoms with Crippen LogP contribution in [0.3, 0.4) is 0 Å². The van der Waals surface area contributed by atoms with Gasteiger partial charge in [0, 0.05) is 19.2 Å². The van der Waals surface area contributed by atoms with E-state index >= 15 is 0 Å². The van der Waals surface area contributed by atoms with E-state index in [-0.39, 0.29) is 5.91 Å². The average Bonchev–Trinajstić information content (AvgIpc) is 2.60. The molecular weight excluding hydrogens is 316 g/mol. The zero-order chi connectivity index (χ0) is 16.7. The van der Waals surface area contributed by atoms with E-state index in [1.165, 1.54) is 6.08 Å². The van der Waals surface area contributed by atoms with Crippen LogP contribution in [0.5, 0.6) is 11.5 Å². The molecule has 1 heterocycles. The first-order chi connectivity index (χ1) is 11.1. The van der Waals surface area contributed by atoms with Crippen LogP contribution in [0.25, 0.3) is 6.08 Å². The van der Waals surface area contributed by atoms with Gasteiger partial charge in [-0.15, -0.1) is 0 Å². The minimum absolute atomic E-state index is 0.267. The summed E-state index contributed by atoms with van der Waals surface area (Å²) in [7, 11) is 3.15. The molecule has 0 atom stereocenters. The molecule has 124 valence electrons. The van der Waals surface area contributed by atoms with Crippen molar-refractivity contribution in [3.63, 3.8) is 0 Å². The molecule has 1 amide bonds. The Kier molecular flexibility index (Phi) is 6.37. The van der Waals surface area contributed by atoms with Gasteiger partial charge < -0.3 is 19.1 Å². The van der Waals surface area contributed by atoms with Gasteiger partial charge in [-0.2, -0.15) is 0 Å². The number of thiocarbonyl (C=S) groups is 1. The third-order valence-corrected chi connectivity index (χ3v) is 3.72. The summed E-state index contributed by atoms with van der Waals surface area (Å²) < 4.78 is 15.7. The normalized spacial score (nSPS) is 14.6. The lowest BCUT2D eigenvalue weighted by Crippen LogP contribution is -2.47. The van der Waals surface area contributed by atoms with E-state index in [0.29, 0.717) is 42.9 Å². The Morgan fingerprint density at radius 2 is 1.96 bits per heavy atom. The summed E-state index contributed by atoms with van der Waals surface area (Å²) in [6.07, 6.45) is 3.13. The molecule has 0 aliphatic carbocycles. The molecule has 23 heavy (non-hydrogen) atoms. The van der Waals surface area contributed by atoms with Gasteiger partial charge in [-0.3, -0.25) is 10.1 Å². The molecular formula is C16H20N2O4S. The third kappa shape index (κ3) is 4.94. The maximum atomic E-state index is 11.9. The second-order valence-electron chi connectivity index (χ2n) is 4.84. The number of amides is 1. The van der Waals surface area contributed by atoms with Crippen molar-refractivity contribution in [3.8, 4) is 11.5 Å². The molecule has 0 radical (unpaired) electrons. The van der Waals surface area contributed by atoms with Crippen LogP contribution in [0.1, 0.15) is 5.56 Å². The van der Waals surface area contributed by atoms with E-state index in [2.05, 4.69) is 5.32 Å². The highest BCUT2D eigenvalue weighted by atomic mass is 32.1. The number of benzene rings is 1. The number of hydrogen-bond acceptors (Lipinski definition) is 5. The maximum Gasteiger partial charge on any atom is 0.250 e. The standard InChI is InChI=1S/C16H20N2O4S/c1-20-13-5-3-12(11-14(13)21-2)4-6-15(19)17-16(23)18-7-9-22-10-8-18/h3-6,11H,7-10H2,1-2H3,(H,17,19,23). The van der Waals surface area contributed by atoms with E-state index in [1.54, 1.807) is 32.4 Å². The van der Waals surface area contributed by atoms with Crippen molar-refractivity contribution in [2.75, 3.05) is 40.5 Å². The minimum Gasteiger partial charge on any atom is -0.493 e. The zero-order valence-electron chi connectivity index (χ0n) is 13.2. The third-order valence-electron chi connectivity index (χ3n) is 3.36. The van der Waals surface area contributed by atoms with Gasteiger partial charge in [0.05, 0.1) is 27.4 Å². The smallest absolute Gasteiger partial charge is 0.250 e. The highest BCUT2D eigenvalue weighted by Gasteiger charge is 2.14. The molecule has 1 fully saturated rings. The van der Waals surface area contributed by atoms with E-state index in [4.69, 9.17) is 26.4 Å². The molecule has 1 aromatic rings. The van der Waals surface area contributed by atoms with Gasteiger partial charge in [-0.1, -0.05) is 6.07 Å². The Hall–Kier alpha value is -2.12. The first-order valence-corrected chi connectivity index (χ1v) is 7.62. The Morgan fingerprint density at radius 1 is 1.26 bits per heavy atom. The number of carbonyl (C=O) groups is 1. The fraction of sp³-hybridized carbons (Fsp3) is 0.375. The van der Waals surface area contributed by atoms with Crippen molar-refractivity contribution in [2.24, 2.45) is 0 Å². The number of ether oxygens (including phenoxy) is 3. The van der Waals surface area contributed by atoms with E-state index < -0.39 is 0 Å². The Morgan fingerprint density at radius 3 is 2.61 bits per heavy atom. The molecule has 6 nitrogen and oxygen atoms in total. The lowest BCUT2D eigenvalue weighted by Gasteiger charge is -2.28. The van der Waals surface area contributed by atoms with Gasteiger partial charge in [0.1, 0.15) is 0 Å². The van der Waals surface area contributed by atoms with Gasteiger partial charge >= 0.3 is 0 Å². The van der Waals surface area contributed by atoms with Gasteiger partial charge in [0.25, 0.3) is 0 Å². The number of nitrogens with one attached hydrogen (secondary N) is 1. The second kappa shape index (κ2) is 8.50. The van der Waals surface area contributed by atoms with Crippen molar-refractivity contribution in [2.45, 2.75) is 0 Å². The maximum absolute atomic E-state index is 11.9. The molecule has 2 rings (SSSR count). The van der Waals surface area contributed by atoms with Crippen LogP contribution in [0.2, 0.25) is 0 Å². The molecule has 1 saturated heterocycles. The molecule has 1 aliphatic heterocycles.